The molecule has 1 N–H and O–H groups in total. The molecule has 42 heavy (non-hydrogen) atoms. The Morgan fingerprint density at radius 1 is 1.12 bits per heavy atom. The number of methoxy groups -OCH3 is 1. The highest BCUT2D eigenvalue weighted by Gasteiger charge is 2.38. The molecule has 1 aliphatic heterocycles. The highest BCUT2D eigenvalue weighted by Crippen LogP contribution is 2.43. The number of nitrogens with zero attached hydrogens (tertiary/aromatic N) is 9. The quantitative estimate of drug-likeness (QED) is 0.214. The molecule has 4 aromatic rings. The van der Waals surface area contributed by atoms with E-state index < -0.39 is 0 Å². The first-order valence-corrected chi connectivity index (χ1v) is 13.6. The van der Waals surface area contributed by atoms with Gasteiger partial charge in [-0.05, 0) is 39.2 Å². The molecule has 0 saturated heterocycles. The molecular weight excluding hydrogens is 536 g/mol. The topological polar surface area (TPSA) is 131 Å². The van der Waals surface area contributed by atoms with E-state index in [1.54, 1.807) is 18.6 Å². The Morgan fingerprint density at radius 3 is 2.57 bits per heavy atom. The van der Waals surface area contributed by atoms with E-state index in [0.29, 0.717) is 42.0 Å². The molecule has 3 aromatic heterocycles. The average molecular weight is 573 g/mol. The summed E-state index contributed by atoms with van der Waals surface area (Å²) in [6, 6.07) is 9.01. The summed E-state index contributed by atoms with van der Waals surface area (Å²) in [5.74, 6) is 2.23. The van der Waals surface area contributed by atoms with Crippen LogP contribution in [0.2, 0.25) is 0 Å². The number of anilines is 5. The predicted octanol–water partition coefficient (Wildman–Crippen LogP) is 4.45. The first-order valence-electron chi connectivity index (χ1n) is 13.6. The number of nitro benzene ring substituents is 1. The minimum atomic E-state index is -0.390. The summed E-state index contributed by atoms with van der Waals surface area (Å²) in [5, 5.41) is 15.2. The zero-order valence-corrected chi connectivity index (χ0v) is 25.0. The van der Waals surface area contributed by atoms with Gasteiger partial charge in [0.25, 0.3) is 5.69 Å². The third-order valence-electron chi connectivity index (χ3n) is 7.37. The number of fused-ring (bicyclic) bond motifs is 1. The Kier molecular flexibility index (Phi) is 7.69. The second kappa shape index (κ2) is 11.2. The van der Waals surface area contributed by atoms with Crippen LogP contribution in [0, 0.1) is 17.0 Å². The van der Waals surface area contributed by atoms with Crippen molar-refractivity contribution in [3.8, 4) is 11.6 Å². The molecule has 4 heterocycles. The number of benzene rings is 1. The monoisotopic (exact) mass is 572 g/mol. The van der Waals surface area contributed by atoms with Crippen LogP contribution in [0.1, 0.15) is 25.2 Å². The first-order chi connectivity index (χ1) is 20.0. The number of aromatic nitrogens is 5. The molecule has 0 unspecified atom stereocenters. The summed E-state index contributed by atoms with van der Waals surface area (Å²) >= 11 is 0. The number of hydrogen-bond donors (Lipinski definition) is 1. The lowest BCUT2D eigenvalue weighted by molar-refractivity contribution is -0.384. The highest BCUT2D eigenvalue weighted by atomic mass is 16.6. The number of nitro groups is 1. The van der Waals surface area contributed by atoms with Gasteiger partial charge in [-0.25, -0.2) is 15.0 Å². The molecule has 0 fully saturated rings. The molecule has 1 aliphatic rings. The van der Waals surface area contributed by atoms with Gasteiger partial charge in [-0.3, -0.25) is 14.7 Å². The summed E-state index contributed by atoms with van der Waals surface area (Å²) in [6.07, 6.45) is 5.23. The van der Waals surface area contributed by atoms with E-state index in [0.717, 1.165) is 29.4 Å². The summed E-state index contributed by atoms with van der Waals surface area (Å²) in [4.78, 5) is 36.0. The molecule has 0 bridgehead atoms. The van der Waals surface area contributed by atoms with E-state index in [1.807, 2.05) is 60.8 Å². The molecule has 220 valence electrons. The molecule has 0 aliphatic carbocycles. The van der Waals surface area contributed by atoms with Crippen molar-refractivity contribution in [2.45, 2.75) is 26.2 Å². The maximum atomic E-state index is 12.0. The number of aryl methyl sites for hydroxylation is 1. The van der Waals surface area contributed by atoms with Crippen molar-refractivity contribution in [2.75, 3.05) is 63.0 Å². The van der Waals surface area contributed by atoms with Crippen molar-refractivity contribution in [3.63, 3.8) is 0 Å². The molecule has 0 radical (unpaired) electrons. The fourth-order valence-corrected chi connectivity index (χ4v) is 5.08. The van der Waals surface area contributed by atoms with Gasteiger partial charge in [-0.2, -0.15) is 4.98 Å². The molecule has 5 rings (SSSR count). The van der Waals surface area contributed by atoms with Gasteiger partial charge in [-0.1, -0.05) is 13.8 Å². The second-order valence-electron chi connectivity index (χ2n) is 11.3. The Balaban J connectivity index is 1.46. The Labute approximate surface area is 245 Å². The van der Waals surface area contributed by atoms with Crippen LogP contribution < -0.4 is 19.9 Å². The van der Waals surface area contributed by atoms with E-state index in [-0.39, 0.29) is 16.0 Å². The molecule has 0 amide bonds. The van der Waals surface area contributed by atoms with Gasteiger partial charge in [0, 0.05) is 62.3 Å². The largest absolute Gasteiger partial charge is 0.494 e. The van der Waals surface area contributed by atoms with Crippen LogP contribution in [0.15, 0.2) is 49.1 Å². The van der Waals surface area contributed by atoms with E-state index in [2.05, 4.69) is 40.1 Å². The maximum Gasteiger partial charge on any atom is 0.294 e. The van der Waals surface area contributed by atoms with Crippen LogP contribution >= 0.6 is 0 Å². The predicted molar refractivity (Wildman–Crippen MR) is 163 cm³/mol. The number of hydrogen-bond acceptors (Lipinski definition) is 11. The molecule has 0 atom stereocenters. The summed E-state index contributed by atoms with van der Waals surface area (Å²) < 4.78 is 7.58. The maximum absolute atomic E-state index is 12.0. The standard InChI is InChI=1S/C29H36N10O3/c1-19-16-30-18-38(19)25-9-8-21-27(33-25)29(2,3)17-37(21)26-10-11-31-28(34-26)32-20-14-23(39(40)41)22(15-24(20)42-7)36(6)13-12-35(4)5/h8-11,14-16,18H,12-13,17H2,1-7H3,(H,31,32,34). The number of ether oxygens (including phenoxy) is 1. The Morgan fingerprint density at radius 2 is 1.90 bits per heavy atom. The Bertz CT molecular complexity index is 1620. The average Bonchev–Trinajstić information content (AvgIpc) is 3.51. The minimum Gasteiger partial charge on any atom is -0.494 e. The molecule has 1 aromatic carbocycles. The fraction of sp³-hybridized carbons (Fsp3) is 0.379. The zero-order chi connectivity index (χ0) is 30.2. The number of likely N-dealkylation sites (N-methyl/N-ethyl adjacent to an activating group) is 2. The van der Waals surface area contributed by atoms with E-state index in [4.69, 9.17) is 14.7 Å². The van der Waals surface area contributed by atoms with E-state index in [9.17, 15) is 10.1 Å². The second-order valence-corrected chi connectivity index (χ2v) is 11.3. The summed E-state index contributed by atoms with van der Waals surface area (Å²) in [7, 11) is 7.28. The van der Waals surface area contributed by atoms with Gasteiger partial charge in [-0.15, -0.1) is 0 Å². The molecule has 0 spiro atoms. The van der Waals surface area contributed by atoms with Crippen LogP contribution in [0.5, 0.6) is 5.75 Å². The van der Waals surface area contributed by atoms with Gasteiger partial charge in [0.1, 0.15) is 29.4 Å². The van der Waals surface area contributed by atoms with Crippen LogP contribution in [0.3, 0.4) is 0 Å². The Hall–Kier alpha value is -4.78. The number of rotatable bonds is 10. The van der Waals surface area contributed by atoms with Gasteiger partial charge in [0.05, 0.1) is 29.1 Å². The fourth-order valence-electron chi connectivity index (χ4n) is 5.08. The van der Waals surface area contributed by atoms with Crippen molar-refractivity contribution in [1.82, 2.24) is 29.4 Å². The van der Waals surface area contributed by atoms with Crippen LogP contribution in [0.25, 0.3) is 5.82 Å². The number of imidazole rings is 1. The highest BCUT2D eigenvalue weighted by molar-refractivity contribution is 5.77. The SMILES string of the molecule is COc1cc(N(C)CCN(C)C)c([N+](=O)[O-])cc1Nc1nccc(N2CC(C)(C)c3nc(-n4cncc4C)ccc32)n1. The number of nitrogens with one attached hydrogen (secondary N) is 1. The van der Waals surface area contributed by atoms with E-state index in [1.165, 1.54) is 13.2 Å². The smallest absolute Gasteiger partial charge is 0.294 e. The lowest BCUT2D eigenvalue weighted by Crippen LogP contribution is -2.29. The normalized spacial score (nSPS) is 13.8. The van der Waals surface area contributed by atoms with Gasteiger partial charge >= 0.3 is 0 Å². The van der Waals surface area contributed by atoms with E-state index >= 15 is 0 Å². The van der Waals surface area contributed by atoms with Crippen LogP contribution in [0.4, 0.5) is 34.5 Å². The van der Waals surface area contributed by atoms with Gasteiger partial charge < -0.3 is 24.8 Å². The first kappa shape index (κ1) is 28.7. The van der Waals surface area contributed by atoms with Crippen LogP contribution in [-0.4, -0.2) is 82.2 Å². The third kappa shape index (κ3) is 5.55. The number of pyridine rings is 1. The van der Waals surface area contributed by atoms with Crippen molar-refractivity contribution in [2.24, 2.45) is 0 Å². The summed E-state index contributed by atoms with van der Waals surface area (Å²) in [5.41, 5.74) is 3.52. The minimum absolute atomic E-state index is 0.0408. The molecular formula is C29H36N10O3. The molecule has 13 nitrogen and oxygen atoms in total. The van der Waals surface area contributed by atoms with Crippen LogP contribution in [-0.2, 0) is 5.41 Å². The van der Waals surface area contributed by atoms with Gasteiger partial charge in [0.2, 0.25) is 5.95 Å². The zero-order valence-electron chi connectivity index (χ0n) is 25.0. The van der Waals surface area contributed by atoms with Crippen molar-refractivity contribution < 1.29 is 9.66 Å². The van der Waals surface area contributed by atoms with Crippen molar-refractivity contribution in [3.05, 3.63) is 70.6 Å². The molecule has 13 heteroatoms. The lowest BCUT2D eigenvalue weighted by Gasteiger charge is -2.23. The van der Waals surface area contributed by atoms with Crippen molar-refractivity contribution in [1.29, 1.82) is 0 Å². The summed E-state index contributed by atoms with van der Waals surface area (Å²) in [6.45, 7) is 8.33. The third-order valence-corrected chi connectivity index (χ3v) is 7.37. The molecule has 0 saturated carbocycles. The van der Waals surface area contributed by atoms with Gasteiger partial charge in [0.15, 0.2) is 0 Å². The lowest BCUT2D eigenvalue weighted by atomic mass is 9.91. The van der Waals surface area contributed by atoms with Crippen molar-refractivity contribution >= 4 is 34.5 Å².